The van der Waals surface area contributed by atoms with Crippen molar-refractivity contribution < 1.29 is 23.9 Å². The quantitative estimate of drug-likeness (QED) is 0.552. The van der Waals surface area contributed by atoms with Crippen LogP contribution in [0, 0.1) is 17.8 Å². The van der Waals surface area contributed by atoms with Gasteiger partial charge in [-0.3, -0.25) is 14.4 Å². The van der Waals surface area contributed by atoms with Crippen LogP contribution in [-0.2, 0) is 23.9 Å². The Morgan fingerprint density at radius 1 is 1.15 bits per heavy atom. The van der Waals surface area contributed by atoms with Gasteiger partial charge < -0.3 is 9.47 Å². The molecule has 1 aliphatic rings. The summed E-state index contributed by atoms with van der Waals surface area (Å²) in [6.07, 6.45) is 1.57. The molecule has 0 saturated heterocycles. The molecule has 1 fully saturated rings. The fourth-order valence-electron chi connectivity index (χ4n) is 1.95. The van der Waals surface area contributed by atoms with Crippen molar-refractivity contribution in [3.63, 3.8) is 0 Å². The molecular formula is C15H24O5. The lowest BCUT2D eigenvalue weighted by Gasteiger charge is -2.25. The molecule has 0 spiro atoms. The topological polar surface area (TPSA) is 69.7 Å². The van der Waals surface area contributed by atoms with E-state index in [1.165, 1.54) is 0 Å². The summed E-state index contributed by atoms with van der Waals surface area (Å²) in [5.41, 5.74) is -0.646. The number of carbonyl (C=O) groups is 3. The van der Waals surface area contributed by atoms with E-state index in [-0.39, 0.29) is 18.3 Å². The second kappa shape index (κ2) is 6.37. The first kappa shape index (κ1) is 16.7. The van der Waals surface area contributed by atoms with Gasteiger partial charge in [0.05, 0.1) is 12.5 Å². The molecule has 1 rings (SSSR count). The summed E-state index contributed by atoms with van der Waals surface area (Å²) in [5, 5.41) is 0. The molecule has 2 unspecified atom stereocenters. The van der Waals surface area contributed by atoms with E-state index >= 15 is 0 Å². The molecule has 0 heterocycles. The lowest BCUT2D eigenvalue weighted by molar-refractivity contribution is -0.169. The van der Waals surface area contributed by atoms with Crippen molar-refractivity contribution in [3.8, 4) is 0 Å². The summed E-state index contributed by atoms with van der Waals surface area (Å²) in [5.74, 6) is -3.32. The molecule has 114 valence electrons. The van der Waals surface area contributed by atoms with Gasteiger partial charge in [0.1, 0.15) is 11.5 Å². The maximum atomic E-state index is 12.2. The van der Waals surface area contributed by atoms with Crippen molar-refractivity contribution in [2.45, 2.75) is 53.1 Å². The van der Waals surface area contributed by atoms with Gasteiger partial charge in [0.25, 0.3) is 0 Å². The average Bonchev–Trinajstić information content (AvgIpc) is 3.10. The van der Waals surface area contributed by atoms with E-state index in [0.717, 1.165) is 12.8 Å². The summed E-state index contributed by atoms with van der Waals surface area (Å²) in [4.78, 5) is 36.3. The van der Waals surface area contributed by atoms with E-state index in [1.807, 2.05) is 0 Å². The molecule has 5 nitrogen and oxygen atoms in total. The van der Waals surface area contributed by atoms with Gasteiger partial charge in [0.2, 0.25) is 0 Å². The summed E-state index contributed by atoms with van der Waals surface area (Å²) >= 11 is 0. The normalized spacial score (nSPS) is 18.1. The van der Waals surface area contributed by atoms with Gasteiger partial charge in [-0.2, -0.15) is 0 Å². The number of carbonyl (C=O) groups excluding carboxylic acids is 3. The number of Topliss-reactive ketones (excluding diaryl/α,β-unsaturated/α-hetero) is 1. The molecule has 0 amide bonds. The van der Waals surface area contributed by atoms with Gasteiger partial charge in [-0.25, -0.2) is 0 Å². The number of hydrogen-bond acceptors (Lipinski definition) is 5. The number of ether oxygens (including phenoxy) is 2. The first-order valence-electron chi connectivity index (χ1n) is 7.10. The third kappa shape index (κ3) is 4.62. The minimum atomic E-state index is -1.04. The van der Waals surface area contributed by atoms with E-state index in [2.05, 4.69) is 0 Å². The Bertz CT molecular complexity index is 390. The molecule has 0 aromatic rings. The van der Waals surface area contributed by atoms with Gasteiger partial charge in [0.15, 0.2) is 5.78 Å². The Hall–Kier alpha value is -1.39. The van der Waals surface area contributed by atoms with Crippen LogP contribution in [0.1, 0.15) is 47.5 Å². The third-order valence-corrected chi connectivity index (χ3v) is 3.11. The fraction of sp³-hybridized carbons (Fsp3) is 0.800. The lowest BCUT2D eigenvalue weighted by Crippen LogP contribution is -2.39. The monoisotopic (exact) mass is 284 g/mol. The van der Waals surface area contributed by atoms with Crippen molar-refractivity contribution in [2.24, 2.45) is 17.8 Å². The maximum Gasteiger partial charge on any atom is 0.317 e. The largest absolute Gasteiger partial charge is 0.465 e. The van der Waals surface area contributed by atoms with Crippen molar-refractivity contribution in [2.75, 3.05) is 6.61 Å². The Balaban J connectivity index is 2.83. The summed E-state index contributed by atoms with van der Waals surface area (Å²) in [7, 11) is 0. The molecule has 0 bridgehead atoms. The highest BCUT2D eigenvalue weighted by Crippen LogP contribution is 2.35. The smallest absolute Gasteiger partial charge is 0.317 e. The molecule has 0 aliphatic heterocycles. The summed E-state index contributed by atoms with van der Waals surface area (Å²) < 4.78 is 10.2. The van der Waals surface area contributed by atoms with E-state index < -0.39 is 29.4 Å². The highest BCUT2D eigenvalue weighted by Gasteiger charge is 2.45. The summed E-state index contributed by atoms with van der Waals surface area (Å²) in [6.45, 7) is 8.66. The van der Waals surface area contributed by atoms with E-state index in [0.29, 0.717) is 0 Å². The van der Waals surface area contributed by atoms with Crippen molar-refractivity contribution in [3.05, 3.63) is 0 Å². The van der Waals surface area contributed by atoms with Crippen molar-refractivity contribution in [1.82, 2.24) is 0 Å². The minimum absolute atomic E-state index is 0.103. The molecule has 5 heteroatoms. The summed E-state index contributed by atoms with van der Waals surface area (Å²) in [6, 6.07) is 0. The van der Waals surface area contributed by atoms with Crippen LogP contribution < -0.4 is 0 Å². The Kier molecular flexibility index (Phi) is 5.31. The average molecular weight is 284 g/mol. The first-order chi connectivity index (χ1) is 9.17. The zero-order valence-corrected chi connectivity index (χ0v) is 12.9. The standard InChI is InChI=1S/C15H24O5/c1-6-19-14(18)11(12(16)10-7-8-10)9(2)13(17)20-15(3,4)5/h9-11H,6-8H2,1-5H3. The second-order valence-corrected chi connectivity index (χ2v) is 6.23. The number of esters is 2. The molecule has 0 radical (unpaired) electrons. The maximum absolute atomic E-state index is 12.2. The van der Waals surface area contributed by atoms with Crippen LogP contribution in [0.15, 0.2) is 0 Å². The Labute approximate surface area is 120 Å². The lowest BCUT2D eigenvalue weighted by atomic mass is 9.87. The van der Waals surface area contributed by atoms with Crippen LogP contribution in [0.2, 0.25) is 0 Å². The van der Waals surface area contributed by atoms with Gasteiger partial charge in [-0.05, 0) is 40.5 Å². The van der Waals surface area contributed by atoms with E-state index in [9.17, 15) is 14.4 Å². The van der Waals surface area contributed by atoms with Gasteiger partial charge in [-0.15, -0.1) is 0 Å². The zero-order chi connectivity index (χ0) is 15.5. The van der Waals surface area contributed by atoms with E-state index in [1.54, 1.807) is 34.6 Å². The predicted octanol–water partition coefficient (Wildman–Crippen LogP) is 2.12. The highest BCUT2D eigenvalue weighted by atomic mass is 16.6. The predicted molar refractivity (Wildman–Crippen MR) is 72.9 cm³/mol. The molecule has 2 atom stereocenters. The second-order valence-electron chi connectivity index (χ2n) is 6.23. The number of rotatable bonds is 6. The van der Waals surface area contributed by atoms with Gasteiger partial charge in [0, 0.05) is 5.92 Å². The number of hydrogen-bond donors (Lipinski definition) is 0. The molecule has 1 aliphatic carbocycles. The Morgan fingerprint density at radius 3 is 2.10 bits per heavy atom. The highest BCUT2D eigenvalue weighted by molar-refractivity contribution is 6.04. The SMILES string of the molecule is CCOC(=O)C(C(=O)C1CC1)C(C)C(=O)OC(C)(C)C. The molecule has 20 heavy (non-hydrogen) atoms. The van der Waals surface area contributed by atoms with Crippen LogP contribution in [-0.4, -0.2) is 29.9 Å². The fourth-order valence-corrected chi connectivity index (χ4v) is 1.95. The van der Waals surface area contributed by atoms with Crippen LogP contribution in [0.5, 0.6) is 0 Å². The minimum Gasteiger partial charge on any atom is -0.465 e. The van der Waals surface area contributed by atoms with Gasteiger partial charge >= 0.3 is 11.9 Å². The third-order valence-electron chi connectivity index (χ3n) is 3.11. The van der Waals surface area contributed by atoms with E-state index in [4.69, 9.17) is 9.47 Å². The van der Waals surface area contributed by atoms with Crippen molar-refractivity contribution in [1.29, 1.82) is 0 Å². The van der Waals surface area contributed by atoms with Crippen LogP contribution in [0.25, 0.3) is 0 Å². The molecule has 0 aromatic carbocycles. The Morgan fingerprint density at radius 2 is 1.70 bits per heavy atom. The van der Waals surface area contributed by atoms with Crippen LogP contribution in [0.4, 0.5) is 0 Å². The zero-order valence-electron chi connectivity index (χ0n) is 12.9. The van der Waals surface area contributed by atoms with Crippen LogP contribution in [0.3, 0.4) is 0 Å². The van der Waals surface area contributed by atoms with Crippen molar-refractivity contribution >= 4 is 17.7 Å². The number of ketones is 1. The molecule has 0 aromatic heterocycles. The molecule has 1 saturated carbocycles. The molecular weight excluding hydrogens is 260 g/mol. The van der Waals surface area contributed by atoms with Crippen LogP contribution >= 0.6 is 0 Å². The van der Waals surface area contributed by atoms with Gasteiger partial charge in [-0.1, -0.05) is 6.92 Å². The molecule has 0 N–H and O–H groups in total. The first-order valence-corrected chi connectivity index (χ1v) is 7.10.